The van der Waals surface area contributed by atoms with E-state index in [1.165, 1.54) is 42.1 Å². The molecule has 3 rings (SSSR count). The Bertz CT molecular complexity index is 1300. The van der Waals surface area contributed by atoms with Crippen molar-refractivity contribution in [3.8, 4) is 11.4 Å². The van der Waals surface area contributed by atoms with Gasteiger partial charge in [0.2, 0.25) is 10.0 Å². The maximum Gasteiger partial charge on any atom is 0.413 e. The summed E-state index contributed by atoms with van der Waals surface area (Å²) in [5.41, 5.74) is 1.71. The first-order valence-corrected chi connectivity index (χ1v) is 11.5. The number of carbonyl (C=O) groups excluding carboxylic acids is 1. The van der Waals surface area contributed by atoms with Crippen LogP contribution in [0, 0.1) is 19.7 Å². The molecule has 0 spiro atoms. The lowest BCUT2D eigenvalue weighted by Gasteiger charge is -2.17. The Balaban J connectivity index is 1.83. The molecule has 2 N–H and O–H groups in total. The largest absolute Gasteiger partial charge is 0.438 e. The Hall–Kier alpha value is -3.61. The molecule has 0 aliphatic rings. The molecule has 2 heterocycles. The summed E-state index contributed by atoms with van der Waals surface area (Å²) >= 11 is 0. The highest BCUT2D eigenvalue weighted by atomic mass is 32.2. The third kappa shape index (κ3) is 5.80. The van der Waals surface area contributed by atoms with Gasteiger partial charge in [-0.25, -0.2) is 31.7 Å². The van der Waals surface area contributed by atoms with Crippen LogP contribution in [0.4, 0.5) is 25.1 Å². The van der Waals surface area contributed by atoms with Crippen molar-refractivity contribution in [1.82, 2.24) is 20.0 Å². The molecule has 0 radical (unpaired) electrons. The number of alkyl halides is 1. The average Bonchev–Trinajstić information content (AvgIpc) is 3.09. The molecule has 1 amide bonds. The van der Waals surface area contributed by atoms with Crippen LogP contribution in [0.25, 0.3) is 11.4 Å². The van der Waals surface area contributed by atoms with E-state index in [4.69, 9.17) is 4.74 Å². The van der Waals surface area contributed by atoms with Crippen LogP contribution in [0.2, 0.25) is 0 Å². The van der Waals surface area contributed by atoms with Gasteiger partial charge in [-0.1, -0.05) is 16.8 Å². The molecule has 10 nitrogen and oxygen atoms in total. The Kier molecular flexibility index (Phi) is 6.91. The first-order chi connectivity index (χ1) is 15.5. The zero-order valence-electron chi connectivity index (χ0n) is 18.3. The number of amides is 1. The van der Waals surface area contributed by atoms with E-state index in [1.54, 1.807) is 13.8 Å². The molecule has 176 valence electrons. The molecule has 1 atom stereocenters. The number of pyridine rings is 1. The van der Waals surface area contributed by atoms with Crippen molar-refractivity contribution in [3.63, 3.8) is 0 Å². The normalized spacial score (nSPS) is 12.3. The van der Waals surface area contributed by atoms with E-state index in [-0.39, 0.29) is 22.8 Å². The van der Waals surface area contributed by atoms with Gasteiger partial charge in [0.1, 0.15) is 12.5 Å². The maximum atomic E-state index is 14.1. The zero-order valence-corrected chi connectivity index (χ0v) is 19.1. The summed E-state index contributed by atoms with van der Waals surface area (Å²) in [6, 6.07) is 7.09. The second-order valence-corrected chi connectivity index (χ2v) is 9.06. The third-order valence-electron chi connectivity index (χ3n) is 4.56. The Morgan fingerprint density at radius 3 is 2.61 bits per heavy atom. The van der Waals surface area contributed by atoms with E-state index in [0.717, 1.165) is 6.26 Å². The highest BCUT2D eigenvalue weighted by molar-refractivity contribution is 7.92. The number of anilines is 2. The van der Waals surface area contributed by atoms with Crippen molar-refractivity contribution in [1.29, 1.82) is 0 Å². The molecule has 13 heteroatoms. The minimum absolute atomic E-state index is 0.0812. The smallest absolute Gasteiger partial charge is 0.413 e. The zero-order chi connectivity index (χ0) is 24.3. The predicted octanol–water partition coefficient (Wildman–Crippen LogP) is 3.26. The molecule has 0 bridgehead atoms. The quantitative estimate of drug-likeness (QED) is 0.531. The summed E-state index contributed by atoms with van der Waals surface area (Å²) in [4.78, 5) is 16.8. The fourth-order valence-electron chi connectivity index (χ4n) is 3.01. The van der Waals surface area contributed by atoms with Crippen LogP contribution in [-0.2, 0) is 21.8 Å². The standard InChI is InChI=1S/C20H22F2N6O4S/c1-11-5-6-14(22)13(9-11)17(10-21)32-20(29)24-19-18(25-27-28(19)3)16-8-7-15(12(2)23-16)26-33(4,30)31/h5-9,17,26H,10H2,1-4H3,(H,24,29)/t17-/m1/s1. The number of hydrogen-bond acceptors (Lipinski definition) is 7. The lowest BCUT2D eigenvalue weighted by Crippen LogP contribution is -2.21. The number of halogens is 2. The van der Waals surface area contributed by atoms with Crippen LogP contribution in [0.15, 0.2) is 30.3 Å². The highest BCUT2D eigenvalue weighted by Crippen LogP contribution is 2.28. The van der Waals surface area contributed by atoms with Gasteiger partial charge in [-0.3, -0.25) is 10.0 Å². The minimum atomic E-state index is -3.49. The summed E-state index contributed by atoms with van der Waals surface area (Å²) < 4.78 is 59.3. The molecule has 0 fully saturated rings. The Labute approximate surface area is 189 Å². The third-order valence-corrected chi connectivity index (χ3v) is 5.15. The molecular formula is C20H22F2N6O4S. The number of rotatable bonds is 7. The van der Waals surface area contributed by atoms with E-state index in [0.29, 0.717) is 17.0 Å². The van der Waals surface area contributed by atoms with Crippen LogP contribution < -0.4 is 10.0 Å². The number of ether oxygens (including phenoxy) is 1. The monoisotopic (exact) mass is 480 g/mol. The Morgan fingerprint density at radius 2 is 1.97 bits per heavy atom. The first-order valence-electron chi connectivity index (χ1n) is 9.63. The van der Waals surface area contributed by atoms with Gasteiger partial charge in [-0.05, 0) is 38.1 Å². The lowest BCUT2D eigenvalue weighted by molar-refractivity contribution is 0.0906. The number of carbonyl (C=O) groups is 1. The molecule has 0 saturated heterocycles. The van der Waals surface area contributed by atoms with Crippen molar-refractivity contribution in [2.24, 2.45) is 7.05 Å². The number of aryl methyl sites for hydroxylation is 3. The van der Waals surface area contributed by atoms with Crippen LogP contribution in [0.1, 0.15) is 22.9 Å². The van der Waals surface area contributed by atoms with Crippen molar-refractivity contribution < 1.29 is 26.7 Å². The van der Waals surface area contributed by atoms with Crippen molar-refractivity contribution in [2.75, 3.05) is 23.0 Å². The number of aromatic nitrogens is 4. The summed E-state index contributed by atoms with van der Waals surface area (Å²) in [6.07, 6.45) is -1.47. The maximum absolute atomic E-state index is 14.1. The Morgan fingerprint density at radius 1 is 1.24 bits per heavy atom. The van der Waals surface area contributed by atoms with Crippen LogP contribution in [-0.4, -0.2) is 47.4 Å². The van der Waals surface area contributed by atoms with E-state index >= 15 is 0 Å². The number of sulfonamides is 1. The number of hydrogen-bond donors (Lipinski definition) is 2. The minimum Gasteiger partial charge on any atom is -0.438 e. The van der Waals surface area contributed by atoms with Crippen LogP contribution >= 0.6 is 0 Å². The van der Waals surface area contributed by atoms with E-state index in [2.05, 4.69) is 25.3 Å². The van der Waals surface area contributed by atoms with Crippen molar-refractivity contribution in [2.45, 2.75) is 20.0 Å². The summed E-state index contributed by atoms with van der Waals surface area (Å²) in [5, 5.41) is 10.3. The lowest BCUT2D eigenvalue weighted by atomic mass is 10.1. The summed E-state index contributed by atoms with van der Waals surface area (Å²) in [6.45, 7) is 2.18. The predicted molar refractivity (Wildman–Crippen MR) is 117 cm³/mol. The molecule has 0 aliphatic carbocycles. The van der Waals surface area contributed by atoms with Gasteiger partial charge >= 0.3 is 6.09 Å². The van der Waals surface area contributed by atoms with Crippen LogP contribution in [0.3, 0.4) is 0 Å². The molecule has 0 aliphatic heterocycles. The number of nitrogens with zero attached hydrogens (tertiary/aromatic N) is 4. The van der Waals surface area contributed by atoms with E-state index < -0.39 is 34.7 Å². The number of nitrogens with one attached hydrogen (secondary N) is 2. The van der Waals surface area contributed by atoms with Gasteiger partial charge in [-0.2, -0.15) is 0 Å². The molecule has 0 unspecified atom stereocenters. The molecule has 0 saturated carbocycles. The SMILES string of the molecule is Cc1ccc(F)c([C@@H](CF)OC(=O)Nc2c(-c3ccc(NS(C)(=O)=O)c(C)n3)nnn2C)c1. The van der Waals surface area contributed by atoms with E-state index in [9.17, 15) is 22.0 Å². The average molecular weight is 480 g/mol. The van der Waals surface area contributed by atoms with Gasteiger partial charge in [0.05, 0.1) is 23.3 Å². The van der Waals surface area contributed by atoms with Gasteiger partial charge in [0.25, 0.3) is 0 Å². The van der Waals surface area contributed by atoms with Gasteiger partial charge in [0.15, 0.2) is 17.6 Å². The van der Waals surface area contributed by atoms with Gasteiger partial charge in [-0.15, -0.1) is 5.10 Å². The van der Waals surface area contributed by atoms with E-state index in [1.807, 2.05) is 0 Å². The second-order valence-electron chi connectivity index (χ2n) is 7.31. The van der Waals surface area contributed by atoms with Gasteiger partial charge < -0.3 is 4.74 Å². The fourth-order valence-corrected chi connectivity index (χ4v) is 3.63. The molecular weight excluding hydrogens is 458 g/mol. The molecule has 3 aromatic rings. The number of benzene rings is 1. The van der Waals surface area contributed by atoms with Crippen LogP contribution in [0.5, 0.6) is 0 Å². The molecule has 1 aromatic carbocycles. The highest BCUT2D eigenvalue weighted by Gasteiger charge is 2.23. The summed E-state index contributed by atoms with van der Waals surface area (Å²) in [7, 11) is -1.99. The van der Waals surface area contributed by atoms with Crippen molar-refractivity contribution in [3.05, 3.63) is 53.0 Å². The topological polar surface area (TPSA) is 128 Å². The van der Waals surface area contributed by atoms with Gasteiger partial charge in [0, 0.05) is 12.6 Å². The fraction of sp³-hybridized carbons (Fsp3) is 0.300. The van der Waals surface area contributed by atoms with Crippen molar-refractivity contribution >= 4 is 27.6 Å². The first kappa shape index (κ1) is 24.0. The second kappa shape index (κ2) is 9.48. The molecule has 33 heavy (non-hydrogen) atoms. The summed E-state index contributed by atoms with van der Waals surface area (Å²) in [5.74, 6) is -0.598. The molecule has 2 aromatic heterocycles.